The number of aldehydes is 1. The van der Waals surface area contributed by atoms with E-state index in [4.69, 9.17) is 4.74 Å². The minimum absolute atomic E-state index is 0.128. The number of carbonyl (C=O) groups excluding carboxylic acids is 2. The molecule has 5 nitrogen and oxygen atoms in total. The maximum Gasteiger partial charge on any atom is 0.339 e. The predicted octanol–water partition coefficient (Wildman–Crippen LogP) is 0.618. The number of pyridine rings is 1. The standard InChI is InChI=1S/C10H11NO4/c1-14-9-5-7(3-4-12)8(6-11-9)10(13)15-2/h4-6H,3H2,1-2H3. The summed E-state index contributed by atoms with van der Waals surface area (Å²) in [4.78, 5) is 25.6. The fourth-order valence-electron chi connectivity index (χ4n) is 1.14. The van der Waals surface area contributed by atoms with E-state index in [2.05, 4.69) is 9.72 Å². The lowest BCUT2D eigenvalue weighted by molar-refractivity contribution is -0.107. The van der Waals surface area contributed by atoms with E-state index in [1.807, 2.05) is 0 Å². The van der Waals surface area contributed by atoms with E-state index in [-0.39, 0.29) is 12.0 Å². The van der Waals surface area contributed by atoms with Crippen LogP contribution >= 0.6 is 0 Å². The molecule has 0 aliphatic heterocycles. The first-order chi connectivity index (χ1) is 7.22. The third-order valence-corrected chi connectivity index (χ3v) is 1.88. The molecule has 1 rings (SSSR count). The molecule has 0 N–H and O–H groups in total. The highest BCUT2D eigenvalue weighted by molar-refractivity contribution is 5.91. The molecule has 0 unspecified atom stereocenters. The van der Waals surface area contributed by atoms with Crippen LogP contribution in [0.2, 0.25) is 0 Å². The van der Waals surface area contributed by atoms with Crippen LogP contribution in [0.3, 0.4) is 0 Å². The zero-order valence-corrected chi connectivity index (χ0v) is 8.52. The Morgan fingerprint density at radius 3 is 2.80 bits per heavy atom. The van der Waals surface area contributed by atoms with Gasteiger partial charge in [0.25, 0.3) is 0 Å². The van der Waals surface area contributed by atoms with E-state index in [0.29, 0.717) is 17.7 Å². The monoisotopic (exact) mass is 209 g/mol. The highest BCUT2D eigenvalue weighted by Crippen LogP contribution is 2.15. The Morgan fingerprint density at radius 1 is 1.53 bits per heavy atom. The number of esters is 1. The van der Waals surface area contributed by atoms with Crippen molar-refractivity contribution in [1.82, 2.24) is 4.98 Å². The summed E-state index contributed by atoms with van der Waals surface area (Å²) in [6.45, 7) is 0. The second-order valence-corrected chi connectivity index (χ2v) is 2.75. The summed E-state index contributed by atoms with van der Waals surface area (Å²) in [7, 11) is 2.74. The van der Waals surface area contributed by atoms with Crippen molar-refractivity contribution in [2.75, 3.05) is 14.2 Å². The van der Waals surface area contributed by atoms with E-state index < -0.39 is 5.97 Å². The van der Waals surface area contributed by atoms with Gasteiger partial charge in [-0.15, -0.1) is 0 Å². The van der Waals surface area contributed by atoms with Crippen LogP contribution in [0, 0.1) is 0 Å². The molecular weight excluding hydrogens is 198 g/mol. The predicted molar refractivity (Wildman–Crippen MR) is 51.9 cm³/mol. The Bertz CT molecular complexity index is 376. The van der Waals surface area contributed by atoms with E-state index >= 15 is 0 Å². The molecule has 1 aromatic rings. The van der Waals surface area contributed by atoms with Crippen molar-refractivity contribution in [3.05, 3.63) is 23.4 Å². The number of hydrogen-bond acceptors (Lipinski definition) is 5. The van der Waals surface area contributed by atoms with Gasteiger partial charge in [0, 0.05) is 18.7 Å². The maximum atomic E-state index is 11.3. The zero-order valence-electron chi connectivity index (χ0n) is 8.52. The zero-order chi connectivity index (χ0) is 11.3. The van der Waals surface area contributed by atoms with E-state index in [1.165, 1.54) is 20.4 Å². The number of hydrogen-bond donors (Lipinski definition) is 0. The van der Waals surface area contributed by atoms with Gasteiger partial charge in [-0.3, -0.25) is 0 Å². The second kappa shape index (κ2) is 5.09. The number of nitrogens with zero attached hydrogens (tertiary/aromatic N) is 1. The minimum Gasteiger partial charge on any atom is -0.481 e. The largest absolute Gasteiger partial charge is 0.481 e. The fourth-order valence-corrected chi connectivity index (χ4v) is 1.14. The number of methoxy groups -OCH3 is 2. The van der Waals surface area contributed by atoms with Crippen LogP contribution < -0.4 is 4.74 Å². The highest BCUT2D eigenvalue weighted by atomic mass is 16.5. The van der Waals surface area contributed by atoms with Crippen molar-refractivity contribution < 1.29 is 19.1 Å². The molecule has 5 heteroatoms. The number of ether oxygens (including phenoxy) is 2. The van der Waals surface area contributed by atoms with Gasteiger partial charge in [0.15, 0.2) is 0 Å². The lowest BCUT2D eigenvalue weighted by Crippen LogP contribution is -2.07. The van der Waals surface area contributed by atoms with Gasteiger partial charge in [-0.2, -0.15) is 0 Å². The summed E-state index contributed by atoms with van der Waals surface area (Å²) in [5.41, 5.74) is 0.828. The van der Waals surface area contributed by atoms with Crippen LogP contribution in [0.5, 0.6) is 5.88 Å². The smallest absolute Gasteiger partial charge is 0.339 e. The van der Waals surface area contributed by atoms with Crippen LogP contribution in [0.25, 0.3) is 0 Å². The van der Waals surface area contributed by atoms with Crippen molar-refractivity contribution in [2.24, 2.45) is 0 Å². The van der Waals surface area contributed by atoms with Crippen LogP contribution in [-0.4, -0.2) is 31.5 Å². The van der Waals surface area contributed by atoms with Crippen molar-refractivity contribution in [3.63, 3.8) is 0 Å². The van der Waals surface area contributed by atoms with E-state index in [1.54, 1.807) is 6.07 Å². The van der Waals surface area contributed by atoms with E-state index in [0.717, 1.165) is 0 Å². The normalized spacial score (nSPS) is 9.47. The second-order valence-electron chi connectivity index (χ2n) is 2.75. The number of rotatable bonds is 4. The molecule has 80 valence electrons. The van der Waals surface area contributed by atoms with Gasteiger partial charge in [-0.05, 0) is 5.56 Å². The Hall–Kier alpha value is -1.91. The molecule has 0 aliphatic rings. The molecule has 0 aromatic carbocycles. The molecular formula is C10H11NO4. The fraction of sp³-hybridized carbons (Fsp3) is 0.300. The topological polar surface area (TPSA) is 65.5 Å². The number of aromatic nitrogens is 1. The Balaban J connectivity index is 3.13. The summed E-state index contributed by atoms with van der Waals surface area (Å²) in [5, 5.41) is 0. The summed E-state index contributed by atoms with van der Waals surface area (Å²) in [5.74, 6) is -0.151. The molecule has 0 atom stereocenters. The molecule has 1 aromatic heterocycles. The molecule has 0 radical (unpaired) electrons. The van der Waals surface area contributed by atoms with Crippen LogP contribution in [0.4, 0.5) is 0 Å². The molecule has 0 spiro atoms. The molecule has 0 aliphatic carbocycles. The maximum absolute atomic E-state index is 11.3. The summed E-state index contributed by atoms with van der Waals surface area (Å²) < 4.78 is 9.45. The SMILES string of the molecule is COC(=O)c1cnc(OC)cc1CC=O. The molecule has 0 saturated heterocycles. The minimum atomic E-state index is -0.512. The summed E-state index contributed by atoms with van der Waals surface area (Å²) >= 11 is 0. The molecule has 0 fully saturated rings. The van der Waals surface area contributed by atoms with Gasteiger partial charge in [0.05, 0.1) is 19.8 Å². The first-order valence-electron chi connectivity index (χ1n) is 4.27. The van der Waals surface area contributed by atoms with Crippen LogP contribution in [0.1, 0.15) is 15.9 Å². The molecule has 15 heavy (non-hydrogen) atoms. The number of carbonyl (C=O) groups is 2. The first kappa shape index (κ1) is 11.2. The first-order valence-corrected chi connectivity index (χ1v) is 4.27. The van der Waals surface area contributed by atoms with Gasteiger partial charge in [0.1, 0.15) is 6.29 Å². The average Bonchev–Trinajstić information content (AvgIpc) is 2.28. The van der Waals surface area contributed by atoms with E-state index in [9.17, 15) is 9.59 Å². The van der Waals surface area contributed by atoms with Crippen molar-refractivity contribution in [3.8, 4) is 5.88 Å². The van der Waals surface area contributed by atoms with Crippen molar-refractivity contribution in [1.29, 1.82) is 0 Å². The van der Waals surface area contributed by atoms with Crippen LogP contribution in [-0.2, 0) is 16.0 Å². The molecule has 0 bridgehead atoms. The van der Waals surface area contributed by atoms with Crippen molar-refractivity contribution in [2.45, 2.75) is 6.42 Å². The Labute approximate surface area is 87.0 Å². The summed E-state index contributed by atoms with van der Waals surface area (Å²) in [6, 6.07) is 1.54. The molecule has 0 amide bonds. The van der Waals surface area contributed by atoms with Gasteiger partial charge < -0.3 is 14.3 Å². The quantitative estimate of drug-likeness (QED) is 0.537. The molecule has 0 saturated carbocycles. The summed E-state index contributed by atoms with van der Waals surface area (Å²) in [6.07, 6.45) is 2.17. The van der Waals surface area contributed by atoms with Gasteiger partial charge >= 0.3 is 5.97 Å². The van der Waals surface area contributed by atoms with Gasteiger partial charge in [0.2, 0.25) is 5.88 Å². The van der Waals surface area contributed by atoms with Crippen LogP contribution in [0.15, 0.2) is 12.3 Å². The van der Waals surface area contributed by atoms with Crippen molar-refractivity contribution >= 4 is 12.3 Å². The third kappa shape index (κ3) is 2.52. The van der Waals surface area contributed by atoms with Gasteiger partial charge in [-0.25, -0.2) is 9.78 Å². The third-order valence-electron chi connectivity index (χ3n) is 1.88. The molecule has 1 heterocycles. The Kier molecular flexibility index (Phi) is 3.79. The highest BCUT2D eigenvalue weighted by Gasteiger charge is 2.13. The lowest BCUT2D eigenvalue weighted by atomic mass is 10.1. The Morgan fingerprint density at radius 2 is 2.27 bits per heavy atom. The lowest BCUT2D eigenvalue weighted by Gasteiger charge is -2.06. The average molecular weight is 209 g/mol. The van der Waals surface area contributed by atoms with Gasteiger partial charge in [-0.1, -0.05) is 0 Å².